The van der Waals surface area contributed by atoms with Gasteiger partial charge in [0.2, 0.25) is 0 Å². The smallest absolute Gasteiger partial charge is 0.253 e. The number of anilines is 1. The lowest BCUT2D eigenvalue weighted by atomic mass is 10.2. The zero-order chi connectivity index (χ0) is 13.1. The molecule has 2 aromatic heterocycles. The third-order valence-corrected chi connectivity index (χ3v) is 2.65. The van der Waals surface area contributed by atoms with E-state index in [2.05, 4.69) is 15.4 Å². The molecule has 0 radical (unpaired) electrons. The molecule has 18 heavy (non-hydrogen) atoms. The largest absolute Gasteiger partial charge is 0.397 e. The Hall–Kier alpha value is -2.37. The van der Waals surface area contributed by atoms with Crippen molar-refractivity contribution >= 4 is 11.6 Å². The topological polar surface area (TPSA) is 85.8 Å². The number of carbonyl (C=O) groups is 1. The molecule has 0 fully saturated rings. The molecular formula is C12H15N5O. The zero-order valence-electron chi connectivity index (χ0n) is 10.3. The van der Waals surface area contributed by atoms with Crippen molar-refractivity contribution in [3.63, 3.8) is 0 Å². The van der Waals surface area contributed by atoms with Crippen molar-refractivity contribution in [1.29, 1.82) is 0 Å². The molecule has 0 bridgehead atoms. The number of rotatable bonds is 3. The molecule has 6 heteroatoms. The molecule has 6 nitrogen and oxygen atoms in total. The normalized spacial score (nSPS) is 10.3. The molecule has 2 aromatic rings. The monoisotopic (exact) mass is 245 g/mol. The standard InChI is InChI=1S/C12H15N5O/c1-8-9(7-17(2)16-8)5-15-12(18)10-3-4-14-6-11(10)13/h3-4,6-7H,5,13H2,1-2H3,(H,15,18). The molecule has 0 aromatic carbocycles. The second-order valence-corrected chi connectivity index (χ2v) is 4.06. The number of nitrogen functional groups attached to an aromatic ring is 1. The second-order valence-electron chi connectivity index (χ2n) is 4.06. The van der Waals surface area contributed by atoms with E-state index in [1.54, 1.807) is 16.9 Å². The number of carbonyl (C=O) groups excluding carboxylic acids is 1. The Kier molecular flexibility index (Phi) is 3.27. The Labute approximate surface area is 105 Å². The summed E-state index contributed by atoms with van der Waals surface area (Å²) >= 11 is 0. The minimum atomic E-state index is -0.210. The van der Waals surface area contributed by atoms with E-state index in [1.807, 2.05) is 20.2 Å². The third-order valence-electron chi connectivity index (χ3n) is 2.65. The third kappa shape index (κ3) is 2.48. The summed E-state index contributed by atoms with van der Waals surface area (Å²) in [5.41, 5.74) is 8.38. The predicted octanol–water partition coefficient (Wildman–Crippen LogP) is 0.636. The van der Waals surface area contributed by atoms with Crippen molar-refractivity contribution in [3.8, 4) is 0 Å². The molecule has 3 N–H and O–H groups in total. The average Bonchev–Trinajstić information content (AvgIpc) is 2.65. The van der Waals surface area contributed by atoms with Gasteiger partial charge in [0.25, 0.3) is 5.91 Å². The summed E-state index contributed by atoms with van der Waals surface area (Å²) in [5.74, 6) is -0.210. The molecule has 0 unspecified atom stereocenters. The van der Waals surface area contributed by atoms with Gasteiger partial charge >= 0.3 is 0 Å². The van der Waals surface area contributed by atoms with Gasteiger partial charge in [-0.05, 0) is 13.0 Å². The summed E-state index contributed by atoms with van der Waals surface area (Å²) in [4.78, 5) is 15.8. The van der Waals surface area contributed by atoms with Crippen LogP contribution in [0, 0.1) is 6.92 Å². The highest BCUT2D eigenvalue weighted by atomic mass is 16.1. The highest BCUT2D eigenvalue weighted by Crippen LogP contribution is 2.09. The Bertz CT molecular complexity index is 576. The van der Waals surface area contributed by atoms with Gasteiger partial charge in [0.15, 0.2) is 0 Å². The van der Waals surface area contributed by atoms with Crippen molar-refractivity contribution in [2.24, 2.45) is 7.05 Å². The van der Waals surface area contributed by atoms with Crippen molar-refractivity contribution in [2.45, 2.75) is 13.5 Å². The molecule has 2 heterocycles. The number of nitrogens with two attached hydrogens (primary N) is 1. The molecule has 0 aliphatic rings. The number of amides is 1. The lowest BCUT2D eigenvalue weighted by Gasteiger charge is -2.06. The molecule has 0 atom stereocenters. The van der Waals surface area contributed by atoms with Crippen LogP contribution in [0.2, 0.25) is 0 Å². The van der Waals surface area contributed by atoms with E-state index in [-0.39, 0.29) is 5.91 Å². The molecule has 0 saturated carbocycles. The summed E-state index contributed by atoms with van der Waals surface area (Å²) in [6.07, 6.45) is 4.89. The van der Waals surface area contributed by atoms with Gasteiger partial charge in [0.05, 0.1) is 23.1 Å². The van der Waals surface area contributed by atoms with Crippen LogP contribution in [0.1, 0.15) is 21.6 Å². The number of hydrogen-bond donors (Lipinski definition) is 2. The van der Waals surface area contributed by atoms with E-state index in [4.69, 9.17) is 5.73 Å². The van der Waals surface area contributed by atoms with E-state index in [0.717, 1.165) is 11.3 Å². The van der Waals surface area contributed by atoms with Gasteiger partial charge in [-0.3, -0.25) is 14.5 Å². The predicted molar refractivity (Wildman–Crippen MR) is 67.8 cm³/mol. The van der Waals surface area contributed by atoms with Crippen LogP contribution < -0.4 is 11.1 Å². The highest BCUT2D eigenvalue weighted by Gasteiger charge is 2.10. The van der Waals surface area contributed by atoms with Gasteiger partial charge < -0.3 is 11.1 Å². The highest BCUT2D eigenvalue weighted by molar-refractivity contribution is 5.98. The van der Waals surface area contributed by atoms with E-state index in [1.165, 1.54) is 6.20 Å². The molecule has 0 aliphatic carbocycles. The molecular weight excluding hydrogens is 230 g/mol. The van der Waals surface area contributed by atoms with Crippen LogP contribution in [0.15, 0.2) is 24.7 Å². The lowest BCUT2D eigenvalue weighted by Crippen LogP contribution is -2.24. The first-order valence-corrected chi connectivity index (χ1v) is 5.54. The number of nitrogens with one attached hydrogen (secondary N) is 1. The van der Waals surface area contributed by atoms with Crippen LogP contribution in [0.25, 0.3) is 0 Å². The summed E-state index contributed by atoms with van der Waals surface area (Å²) in [6.45, 7) is 2.34. The summed E-state index contributed by atoms with van der Waals surface area (Å²) in [5, 5.41) is 7.02. The Morgan fingerprint density at radius 3 is 2.94 bits per heavy atom. The maximum absolute atomic E-state index is 11.9. The molecule has 1 amide bonds. The van der Waals surface area contributed by atoms with Crippen LogP contribution in [0.4, 0.5) is 5.69 Å². The van der Waals surface area contributed by atoms with Crippen LogP contribution in [-0.2, 0) is 13.6 Å². The maximum atomic E-state index is 11.9. The summed E-state index contributed by atoms with van der Waals surface area (Å²) in [6, 6.07) is 1.60. The average molecular weight is 245 g/mol. The minimum Gasteiger partial charge on any atom is -0.397 e. The zero-order valence-corrected chi connectivity index (χ0v) is 10.3. The van der Waals surface area contributed by atoms with Crippen molar-refractivity contribution in [2.75, 3.05) is 5.73 Å². The van der Waals surface area contributed by atoms with Gasteiger partial charge in [-0.2, -0.15) is 5.10 Å². The fraction of sp³-hybridized carbons (Fsp3) is 0.250. The van der Waals surface area contributed by atoms with Crippen LogP contribution in [-0.4, -0.2) is 20.7 Å². The molecule has 2 rings (SSSR count). The Balaban J connectivity index is 2.05. The van der Waals surface area contributed by atoms with Gasteiger partial charge in [0.1, 0.15) is 0 Å². The SMILES string of the molecule is Cc1nn(C)cc1CNC(=O)c1ccncc1N. The first-order chi connectivity index (χ1) is 8.58. The van der Waals surface area contributed by atoms with Crippen molar-refractivity contribution in [3.05, 3.63) is 41.5 Å². The fourth-order valence-electron chi connectivity index (χ4n) is 1.71. The summed E-state index contributed by atoms with van der Waals surface area (Å²) < 4.78 is 1.72. The second kappa shape index (κ2) is 4.87. The first-order valence-electron chi connectivity index (χ1n) is 5.54. The molecule has 0 spiro atoms. The van der Waals surface area contributed by atoms with E-state index in [0.29, 0.717) is 17.8 Å². The van der Waals surface area contributed by atoms with Crippen molar-refractivity contribution in [1.82, 2.24) is 20.1 Å². The lowest BCUT2D eigenvalue weighted by molar-refractivity contribution is 0.0951. The number of aryl methyl sites for hydroxylation is 2. The van der Waals surface area contributed by atoms with Gasteiger partial charge in [-0.1, -0.05) is 0 Å². The van der Waals surface area contributed by atoms with Crippen LogP contribution in [0.3, 0.4) is 0 Å². The quantitative estimate of drug-likeness (QED) is 0.830. The van der Waals surface area contributed by atoms with E-state index >= 15 is 0 Å². The number of hydrogen-bond acceptors (Lipinski definition) is 4. The Morgan fingerprint density at radius 2 is 2.33 bits per heavy atom. The molecule has 0 saturated heterocycles. The van der Waals surface area contributed by atoms with E-state index in [9.17, 15) is 4.79 Å². The van der Waals surface area contributed by atoms with Crippen LogP contribution >= 0.6 is 0 Å². The number of pyridine rings is 1. The van der Waals surface area contributed by atoms with E-state index < -0.39 is 0 Å². The van der Waals surface area contributed by atoms with Gasteiger partial charge in [-0.15, -0.1) is 0 Å². The molecule has 94 valence electrons. The first kappa shape index (κ1) is 12.1. The van der Waals surface area contributed by atoms with Gasteiger partial charge in [0, 0.05) is 31.5 Å². The van der Waals surface area contributed by atoms with Gasteiger partial charge in [-0.25, -0.2) is 0 Å². The number of aromatic nitrogens is 3. The fourth-order valence-corrected chi connectivity index (χ4v) is 1.71. The van der Waals surface area contributed by atoms with Crippen molar-refractivity contribution < 1.29 is 4.79 Å². The minimum absolute atomic E-state index is 0.210. The Morgan fingerprint density at radius 1 is 1.56 bits per heavy atom. The number of nitrogens with zero attached hydrogens (tertiary/aromatic N) is 3. The molecule has 0 aliphatic heterocycles. The summed E-state index contributed by atoms with van der Waals surface area (Å²) in [7, 11) is 1.85. The van der Waals surface area contributed by atoms with Crippen LogP contribution in [0.5, 0.6) is 0 Å². The maximum Gasteiger partial charge on any atom is 0.253 e.